The van der Waals surface area contributed by atoms with Gasteiger partial charge in [0.25, 0.3) is 0 Å². The number of para-hydroxylation sites is 1. The van der Waals surface area contributed by atoms with Gasteiger partial charge in [-0.2, -0.15) is 0 Å². The molecule has 0 unspecified atom stereocenters. The van der Waals surface area contributed by atoms with Gasteiger partial charge in [0.2, 0.25) is 11.8 Å². The van der Waals surface area contributed by atoms with E-state index in [1.165, 1.54) is 0 Å². The third-order valence-corrected chi connectivity index (χ3v) is 5.12. The number of phenolic OH excluding ortho intramolecular Hbond substituents is 1. The van der Waals surface area contributed by atoms with Crippen molar-refractivity contribution in [3.05, 3.63) is 59.2 Å². The molecule has 1 fully saturated rings. The fraction of sp³-hybridized carbons (Fsp3) is 0.333. The Morgan fingerprint density at radius 2 is 1.92 bits per heavy atom. The molecule has 3 rings (SSSR count). The van der Waals surface area contributed by atoms with Crippen LogP contribution in [-0.4, -0.2) is 35.4 Å². The number of aryl methyl sites for hydroxylation is 1. The van der Waals surface area contributed by atoms with Gasteiger partial charge in [-0.15, -0.1) is 0 Å². The fourth-order valence-corrected chi connectivity index (χ4v) is 3.42. The predicted molar refractivity (Wildman–Crippen MR) is 101 cm³/mol. The number of rotatable bonds is 4. The smallest absolute Gasteiger partial charge is 0.228 e. The first-order valence-corrected chi connectivity index (χ1v) is 8.77. The first-order valence-electron chi connectivity index (χ1n) is 8.77. The summed E-state index contributed by atoms with van der Waals surface area (Å²) in [6, 6.07) is 12.9. The van der Waals surface area contributed by atoms with E-state index in [0.29, 0.717) is 18.7 Å². The molecule has 1 N–H and O–H groups in total. The van der Waals surface area contributed by atoms with E-state index in [0.717, 1.165) is 16.8 Å². The van der Waals surface area contributed by atoms with Gasteiger partial charge in [-0.1, -0.05) is 30.3 Å². The molecule has 0 aliphatic carbocycles. The minimum Gasteiger partial charge on any atom is -0.508 e. The molecule has 1 aliphatic rings. The minimum absolute atomic E-state index is 0.0204. The molecule has 2 aromatic carbocycles. The maximum atomic E-state index is 12.8. The topological polar surface area (TPSA) is 60.9 Å². The van der Waals surface area contributed by atoms with E-state index in [1.807, 2.05) is 38.1 Å². The van der Waals surface area contributed by atoms with Crippen molar-refractivity contribution in [1.82, 2.24) is 4.90 Å². The number of hydrogen-bond donors (Lipinski definition) is 1. The van der Waals surface area contributed by atoms with Crippen LogP contribution in [0.25, 0.3) is 0 Å². The van der Waals surface area contributed by atoms with Crippen LogP contribution in [0.15, 0.2) is 42.5 Å². The molecule has 1 aliphatic heterocycles. The number of benzene rings is 2. The van der Waals surface area contributed by atoms with E-state index >= 15 is 0 Å². The summed E-state index contributed by atoms with van der Waals surface area (Å²) < 4.78 is 0. The van der Waals surface area contributed by atoms with E-state index in [1.54, 1.807) is 35.0 Å². The van der Waals surface area contributed by atoms with Crippen LogP contribution in [0.4, 0.5) is 5.69 Å². The van der Waals surface area contributed by atoms with Crippen molar-refractivity contribution in [2.24, 2.45) is 5.92 Å². The zero-order valence-electron chi connectivity index (χ0n) is 15.4. The lowest BCUT2D eigenvalue weighted by molar-refractivity contribution is -0.135. The SMILES string of the molecule is Cc1cccc(N2C[C@@H](C(=O)N(C)Cc3ccccc3O)CC2=O)c1C. The highest BCUT2D eigenvalue weighted by Crippen LogP contribution is 2.30. The number of hydrogen-bond acceptors (Lipinski definition) is 3. The highest BCUT2D eigenvalue weighted by Gasteiger charge is 2.37. The summed E-state index contributed by atoms with van der Waals surface area (Å²) in [5.74, 6) is -0.285. The predicted octanol–water partition coefficient (Wildman–Crippen LogP) is 3.02. The average molecular weight is 352 g/mol. The van der Waals surface area contributed by atoms with Gasteiger partial charge in [-0.3, -0.25) is 9.59 Å². The van der Waals surface area contributed by atoms with Crippen molar-refractivity contribution >= 4 is 17.5 Å². The molecule has 0 radical (unpaired) electrons. The molecule has 0 saturated carbocycles. The van der Waals surface area contributed by atoms with E-state index in [4.69, 9.17) is 0 Å². The van der Waals surface area contributed by atoms with E-state index in [2.05, 4.69) is 0 Å². The van der Waals surface area contributed by atoms with Gasteiger partial charge < -0.3 is 14.9 Å². The quantitative estimate of drug-likeness (QED) is 0.920. The summed E-state index contributed by atoms with van der Waals surface area (Å²) in [6.45, 7) is 4.73. The molecule has 5 heteroatoms. The molecule has 136 valence electrons. The maximum absolute atomic E-state index is 12.8. The van der Waals surface area contributed by atoms with Crippen LogP contribution in [0.3, 0.4) is 0 Å². The standard InChI is InChI=1S/C21H24N2O3/c1-14-7-6-9-18(15(14)2)23-13-17(11-20(23)25)21(26)22(3)12-16-8-4-5-10-19(16)24/h4-10,17,24H,11-13H2,1-3H3/t17-/m0/s1. The molecule has 2 amide bonds. The van der Waals surface area contributed by atoms with Crippen LogP contribution in [0, 0.1) is 19.8 Å². The third kappa shape index (κ3) is 3.43. The Morgan fingerprint density at radius 3 is 2.65 bits per heavy atom. The lowest BCUT2D eigenvalue weighted by atomic mass is 10.1. The molecule has 1 saturated heterocycles. The number of carbonyl (C=O) groups excluding carboxylic acids is 2. The Balaban J connectivity index is 1.72. The number of anilines is 1. The van der Waals surface area contributed by atoms with Gasteiger partial charge in [0.1, 0.15) is 5.75 Å². The van der Waals surface area contributed by atoms with Crippen LogP contribution in [-0.2, 0) is 16.1 Å². The number of carbonyl (C=O) groups is 2. The van der Waals surface area contributed by atoms with E-state index in [9.17, 15) is 14.7 Å². The highest BCUT2D eigenvalue weighted by molar-refractivity contribution is 6.00. The van der Waals surface area contributed by atoms with Crippen molar-refractivity contribution < 1.29 is 14.7 Å². The largest absolute Gasteiger partial charge is 0.508 e. The summed E-state index contributed by atoms with van der Waals surface area (Å²) in [5.41, 5.74) is 3.77. The van der Waals surface area contributed by atoms with Crippen LogP contribution in [0.2, 0.25) is 0 Å². The van der Waals surface area contributed by atoms with Gasteiger partial charge in [-0.25, -0.2) is 0 Å². The van der Waals surface area contributed by atoms with Crippen molar-refractivity contribution in [2.75, 3.05) is 18.5 Å². The molecule has 1 heterocycles. The van der Waals surface area contributed by atoms with Gasteiger partial charge in [0, 0.05) is 37.8 Å². The summed E-state index contributed by atoms with van der Waals surface area (Å²) in [7, 11) is 1.71. The molecular weight excluding hydrogens is 328 g/mol. The van der Waals surface area contributed by atoms with Crippen LogP contribution < -0.4 is 4.90 Å². The Kier molecular flexibility index (Phi) is 4.98. The summed E-state index contributed by atoms with van der Waals surface area (Å²) in [5, 5.41) is 9.90. The lowest BCUT2D eigenvalue weighted by Crippen LogP contribution is -2.34. The van der Waals surface area contributed by atoms with E-state index in [-0.39, 0.29) is 29.9 Å². The molecule has 0 bridgehead atoms. The van der Waals surface area contributed by atoms with Crippen molar-refractivity contribution in [3.63, 3.8) is 0 Å². The lowest BCUT2D eigenvalue weighted by Gasteiger charge is -2.23. The second kappa shape index (κ2) is 7.20. The Labute approximate surface area is 153 Å². The summed E-state index contributed by atoms with van der Waals surface area (Å²) >= 11 is 0. The average Bonchev–Trinajstić information content (AvgIpc) is 3.00. The number of nitrogens with zero attached hydrogens (tertiary/aromatic N) is 2. The van der Waals surface area contributed by atoms with Crippen LogP contribution in [0.5, 0.6) is 5.75 Å². The molecular formula is C21H24N2O3. The van der Waals surface area contributed by atoms with Gasteiger partial charge in [0.05, 0.1) is 5.92 Å². The first kappa shape index (κ1) is 18.0. The van der Waals surface area contributed by atoms with Crippen molar-refractivity contribution in [2.45, 2.75) is 26.8 Å². The monoisotopic (exact) mass is 352 g/mol. The molecule has 2 aromatic rings. The van der Waals surface area contributed by atoms with Gasteiger partial charge in [-0.05, 0) is 37.1 Å². The summed E-state index contributed by atoms with van der Waals surface area (Å²) in [6.07, 6.45) is 0.220. The summed E-state index contributed by atoms with van der Waals surface area (Å²) in [4.78, 5) is 28.6. The number of aromatic hydroxyl groups is 1. The van der Waals surface area contributed by atoms with Gasteiger partial charge >= 0.3 is 0 Å². The molecule has 1 atom stereocenters. The van der Waals surface area contributed by atoms with Gasteiger partial charge in [0.15, 0.2) is 0 Å². The van der Waals surface area contributed by atoms with E-state index < -0.39 is 0 Å². The normalized spacial score (nSPS) is 16.8. The Hall–Kier alpha value is -2.82. The fourth-order valence-electron chi connectivity index (χ4n) is 3.42. The first-order chi connectivity index (χ1) is 12.4. The third-order valence-electron chi connectivity index (χ3n) is 5.12. The number of phenols is 1. The van der Waals surface area contributed by atoms with Crippen LogP contribution in [0.1, 0.15) is 23.1 Å². The zero-order valence-corrected chi connectivity index (χ0v) is 15.4. The van der Waals surface area contributed by atoms with Crippen molar-refractivity contribution in [1.29, 1.82) is 0 Å². The second-order valence-electron chi connectivity index (χ2n) is 6.95. The molecule has 5 nitrogen and oxygen atoms in total. The molecule has 0 spiro atoms. The molecule has 26 heavy (non-hydrogen) atoms. The number of amides is 2. The highest BCUT2D eigenvalue weighted by atomic mass is 16.3. The second-order valence-corrected chi connectivity index (χ2v) is 6.95. The van der Waals surface area contributed by atoms with Crippen LogP contribution >= 0.6 is 0 Å². The Bertz CT molecular complexity index is 847. The Morgan fingerprint density at radius 1 is 1.19 bits per heavy atom. The molecule has 0 aromatic heterocycles. The minimum atomic E-state index is -0.363. The maximum Gasteiger partial charge on any atom is 0.228 e. The zero-order chi connectivity index (χ0) is 18.8. The van der Waals surface area contributed by atoms with Crippen molar-refractivity contribution in [3.8, 4) is 5.75 Å².